The van der Waals surface area contributed by atoms with Crippen molar-refractivity contribution in [2.75, 3.05) is 17.7 Å². The van der Waals surface area contributed by atoms with Crippen molar-refractivity contribution < 1.29 is 23.9 Å². The maximum absolute atomic E-state index is 12.8. The summed E-state index contributed by atoms with van der Waals surface area (Å²) in [6.45, 7) is 5.59. The smallest absolute Gasteiger partial charge is 0.325 e. The standard InChI is InChI=1S/C27H25Cl2N7O5/c1-27(2,3)35-26(38)34-22-15(20-16(28)6-5-7-17(20)29)10-13-12-30-25(33-21(13)32-22)31-14-8-9-18-19(11-14)41-24(40-18)23(37)36-39-4/h5-12,24H,1-4H3,(H,36,37)(H3,30,31,32,33,34,35,38). The molecule has 0 aliphatic carbocycles. The first-order valence-corrected chi connectivity index (χ1v) is 13.0. The molecule has 0 saturated carbocycles. The number of rotatable bonds is 6. The summed E-state index contributed by atoms with van der Waals surface area (Å²) in [6.07, 6.45) is 0.409. The Morgan fingerprint density at radius 2 is 1.73 bits per heavy atom. The lowest BCUT2D eigenvalue weighted by molar-refractivity contribution is -0.147. The molecule has 4 aromatic rings. The maximum atomic E-state index is 12.8. The van der Waals surface area contributed by atoms with E-state index in [4.69, 9.17) is 32.7 Å². The van der Waals surface area contributed by atoms with E-state index in [2.05, 4.69) is 41.2 Å². The van der Waals surface area contributed by atoms with Gasteiger partial charge in [-0.25, -0.2) is 20.2 Å². The lowest BCUT2D eigenvalue weighted by Gasteiger charge is -2.21. The highest BCUT2D eigenvalue weighted by atomic mass is 35.5. The number of amides is 3. The average molecular weight is 598 g/mol. The second-order valence-electron chi connectivity index (χ2n) is 9.94. The van der Waals surface area contributed by atoms with Crippen LogP contribution in [0.4, 0.5) is 22.2 Å². The van der Waals surface area contributed by atoms with E-state index in [0.29, 0.717) is 49.4 Å². The minimum Gasteiger partial charge on any atom is -0.442 e. The molecule has 0 radical (unpaired) electrons. The number of hydrogen-bond acceptors (Lipinski definition) is 9. The monoisotopic (exact) mass is 597 g/mol. The van der Waals surface area contributed by atoms with Gasteiger partial charge in [-0.2, -0.15) is 4.98 Å². The molecule has 2 aromatic heterocycles. The number of anilines is 3. The third-order valence-electron chi connectivity index (χ3n) is 5.61. The molecule has 0 saturated heterocycles. The number of benzene rings is 2. The van der Waals surface area contributed by atoms with Gasteiger partial charge in [0.2, 0.25) is 5.95 Å². The van der Waals surface area contributed by atoms with Gasteiger partial charge in [0, 0.05) is 40.0 Å². The van der Waals surface area contributed by atoms with Gasteiger partial charge in [-0.05, 0) is 51.1 Å². The number of aromatic nitrogens is 3. The van der Waals surface area contributed by atoms with Crippen LogP contribution in [0.5, 0.6) is 11.5 Å². The zero-order valence-corrected chi connectivity index (χ0v) is 23.8. The van der Waals surface area contributed by atoms with E-state index in [-0.39, 0.29) is 11.8 Å². The van der Waals surface area contributed by atoms with Crippen LogP contribution in [-0.4, -0.2) is 45.8 Å². The van der Waals surface area contributed by atoms with Gasteiger partial charge >= 0.3 is 18.2 Å². The first-order valence-electron chi connectivity index (χ1n) is 12.3. The van der Waals surface area contributed by atoms with Gasteiger partial charge in [0.1, 0.15) is 5.82 Å². The molecule has 41 heavy (non-hydrogen) atoms. The van der Waals surface area contributed by atoms with Crippen molar-refractivity contribution in [2.24, 2.45) is 0 Å². The van der Waals surface area contributed by atoms with E-state index < -0.39 is 23.8 Å². The Hall–Kier alpha value is -4.39. The number of urea groups is 1. The minimum absolute atomic E-state index is 0.211. The third-order valence-corrected chi connectivity index (χ3v) is 6.24. The van der Waals surface area contributed by atoms with Crippen LogP contribution in [0, 0.1) is 0 Å². The first kappa shape index (κ1) is 28.1. The number of hydroxylamine groups is 1. The summed E-state index contributed by atoms with van der Waals surface area (Å²) in [4.78, 5) is 42.9. The number of nitrogens with zero attached hydrogens (tertiary/aromatic N) is 3. The Kier molecular flexibility index (Phi) is 7.72. The van der Waals surface area contributed by atoms with E-state index in [1.807, 2.05) is 20.8 Å². The van der Waals surface area contributed by atoms with Crippen LogP contribution >= 0.6 is 23.2 Å². The Morgan fingerprint density at radius 1 is 1.00 bits per heavy atom. The minimum atomic E-state index is -1.18. The highest BCUT2D eigenvalue weighted by molar-refractivity contribution is 6.39. The second-order valence-corrected chi connectivity index (χ2v) is 10.8. The maximum Gasteiger partial charge on any atom is 0.325 e. The van der Waals surface area contributed by atoms with Crippen LogP contribution in [0.25, 0.3) is 22.2 Å². The topological polar surface area (TPSA) is 149 Å². The zero-order valence-electron chi connectivity index (χ0n) is 22.3. The predicted molar refractivity (Wildman–Crippen MR) is 155 cm³/mol. The summed E-state index contributed by atoms with van der Waals surface area (Å²) in [5, 5.41) is 10.1. The van der Waals surface area contributed by atoms with Crippen LogP contribution in [0.2, 0.25) is 10.0 Å². The third kappa shape index (κ3) is 6.35. The molecule has 4 N–H and O–H groups in total. The van der Waals surface area contributed by atoms with Crippen molar-refractivity contribution >= 4 is 63.6 Å². The van der Waals surface area contributed by atoms with E-state index in [1.54, 1.807) is 48.7 Å². The van der Waals surface area contributed by atoms with Crippen LogP contribution in [-0.2, 0) is 9.63 Å². The molecule has 3 heterocycles. The summed E-state index contributed by atoms with van der Waals surface area (Å²) in [6, 6.07) is 11.4. The lowest BCUT2D eigenvalue weighted by Crippen LogP contribution is -2.43. The summed E-state index contributed by atoms with van der Waals surface area (Å²) < 4.78 is 11.0. The fourth-order valence-corrected chi connectivity index (χ4v) is 4.56. The van der Waals surface area contributed by atoms with Crippen molar-refractivity contribution in [1.29, 1.82) is 0 Å². The van der Waals surface area contributed by atoms with Crippen molar-refractivity contribution in [3.63, 3.8) is 0 Å². The molecular weight excluding hydrogens is 573 g/mol. The van der Waals surface area contributed by atoms with Crippen LogP contribution < -0.4 is 30.9 Å². The predicted octanol–water partition coefficient (Wildman–Crippen LogP) is 5.44. The number of hydrogen-bond donors (Lipinski definition) is 4. The Labute approximate surface area is 244 Å². The number of halogens is 2. The molecule has 0 fully saturated rings. The van der Waals surface area contributed by atoms with Gasteiger partial charge in [0.15, 0.2) is 17.1 Å². The van der Waals surface area contributed by atoms with E-state index in [1.165, 1.54) is 7.11 Å². The van der Waals surface area contributed by atoms with E-state index >= 15 is 0 Å². The van der Waals surface area contributed by atoms with E-state index in [0.717, 1.165) is 0 Å². The van der Waals surface area contributed by atoms with Crippen molar-refractivity contribution in [2.45, 2.75) is 32.6 Å². The number of ether oxygens (including phenoxy) is 2. The molecule has 1 aliphatic heterocycles. The van der Waals surface area contributed by atoms with Crippen molar-refractivity contribution in [1.82, 2.24) is 25.7 Å². The fourth-order valence-electron chi connectivity index (χ4n) is 3.96. The normalized spacial score (nSPS) is 14.0. The van der Waals surface area contributed by atoms with Gasteiger partial charge in [0.05, 0.1) is 17.2 Å². The second kappa shape index (κ2) is 11.2. The lowest BCUT2D eigenvalue weighted by atomic mass is 10.0. The largest absolute Gasteiger partial charge is 0.442 e. The van der Waals surface area contributed by atoms with Crippen molar-refractivity contribution in [3.05, 3.63) is 58.7 Å². The Balaban J connectivity index is 1.47. The molecule has 14 heteroatoms. The highest BCUT2D eigenvalue weighted by Gasteiger charge is 2.31. The number of carbonyl (C=O) groups is 2. The Morgan fingerprint density at radius 3 is 2.44 bits per heavy atom. The fraction of sp³-hybridized carbons (Fsp3) is 0.222. The van der Waals surface area contributed by atoms with Crippen LogP contribution in [0.3, 0.4) is 0 Å². The SMILES string of the molecule is CONC(=O)C1Oc2ccc(Nc3ncc4cc(-c5c(Cl)cccc5Cl)c(NC(=O)NC(C)(C)C)nc4n3)cc2O1. The summed E-state index contributed by atoms with van der Waals surface area (Å²) in [7, 11) is 1.31. The van der Waals surface area contributed by atoms with Crippen molar-refractivity contribution in [3.8, 4) is 22.6 Å². The van der Waals surface area contributed by atoms with Gasteiger partial charge in [-0.1, -0.05) is 29.3 Å². The Bertz CT molecular complexity index is 1640. The molecule has 1 atom stereocenters. The molecule has 0 spiro atoms. The molecule has 12 nitrogen and oxygen atoms in total. The molecule has 1 unspecified atom stereocenters. The molecule has 5 rings (SSSR count). The molecular formula is C27H25Cl2N7O5. The van der Waals surface area contributed by atoms with Crippen LogP contribution in [0.15, 0.2) is 48.7 Å². The first-order chi connectivity index (χ1) is 19.5. The quantitative estimate of drug-likeness (QED) is 0.213. The van der Waals surface area contributed by atoms with Gasteiger partial charge in [-0.3, -0.25) is 14.9 Å². The number of fused-ring (bicyclic) bond motifs is 2. The summed E-state index contributed by atoms with van der Waals surface area (Å²) in [5.41, 5.74) is 3.57. The average Bonchev–Trinajstić information content (AvgIpc) is 3.32. The van der Waals surface area contributed by atoms with Gasteiger partial charge in [-0.15, -0.1) is 0 Å². The highest BCUT2D eigenvalue weighted by Crippen LogP contribution is 2.40. The van der Waals surface area contributed by atoms with Crippen LogP contribution in [0.1, 0.15) is 20.8 Å². The molecule has 212 valence electrons. The number of nitrogens with one attached hydrogen (secondary N) is 4. The van der Waals surface area contributed by atoms with Gasteiger partial charge < -0.3 is 20.1 Å². The summed E-state index contributed by atoms with van der Waals surface area (Å²) in [5.74, 6) is 0.597. The summed E-state index contributed by atoms with van der Waals surface area (Å²) >= 11 is 13.0. The van der Waals surface area contributed by atoms with E-state index in [9.17, 15) is 9.59 Å². The molecule has 3 amide bonds. The zero-order chi connectivity index (χ0) is 29.3. The number of carbonyl (C=O) groups excluding carboxylic acids is 2. The molecule has 2 aromatic carbocycles. The number of pyridine rings is 1. The molecule has 0 bridgehead atoms. The molecule has 1 aliphatic rings. The van der Waals surface area contributed by atoms with Gasteiger partial charge in [0.25, 0.3) is 0 Å².